The highest BCUT2D eigenvalue weighted by molar-refractivity contribution is 14.0. The Balaban J connectivity index is 0.00000420. The minimum absolute atomic E-state index is 0. The van der Waals surface area contributed by atoms with Gasteiger partial charge in [0.25, 0.3) is 0 Å². The van der Waals surface area contributed by atoms with E-state index in [1.165, 1.54) is 19.3 Å². The second-order valence-electron chi connectivity index (χ2n) is 7.84. The summed E-state index contributed by atoms with van der Waals surface area (Å²) < 4.78 is 27.0. The lowest BCUT2D eigenvalue weighted by molar-refractivity contribution is 0.0982. The van der Waals surface area contributed by atoms with E-state index in [1.807, 2.05) is 30.3 Å². The van der Waals surface area contributed by atoms with Gasteiger partial charge < -0.3 is 10.6 Å². The molecule has 0 aromatic heterocycles. The van der Waals surface area contributed by atoms with Crippen LogP contribution in [0.5, 0.6) is 0 Å². The first kappa shape index (κ1) is 26.1. The van der Waals surface area contributed by atoms with Crippen LogP contribution in [0.3, 0.4) is 0 Å². The Morgan fingerprint density at radius 2 is 1.76 bits per heavy atom. The number of piperidine rings is 1. The van der Waals surface area contributed by atoms with Gasteiger partial charge in [-0.25, -0.2) is 13.1 Å². The topological polar surface area (TPSA) is 85.8 Å². The number of halogens is 1. The van der Waals surface area contributed by atoms with Gasteiger partial charge in [0.2, 0.25) is 10.0 Å². The van der Waals surface area contributed by atoms with E-state index >= 15 is 0 Å². The molecule has 0 saturated carbocycles. The van der Waals surface area contributed by atoms with Gasteiger partial charge in [-0.1, -0.05) is 36.8 Å². The average molecular weight is 538 g/mol. The van der Waals surface area contributed by atoms with Crippen LogP contribution in [0.15, 0.2) is 35.3 Å². The Hall–Kier alpha value is -0.910. The number of nitrogens with one attached hydrogen (secondary N) is 3. The van der Waals surface area contributed by atoms with Crippen LogP contribution < -0.4 is 15.4 Å². The van der Waals surface area contributed by atoms with Gasteiger partial charge in [-0.3, -0.25) is 9.89 Å². The van der Waals surface area contributed by atoms with Crippen molar-refractivity contribution in [3.63, 3.8) is 0 Å². The van der Waals surface area contributed by atoms with E-state index in [0.717, 1.165) is 25.2 Å². The van der Waals surface area contributed by atoms with Crippen molar-refractivity contribution < 1.29 is 8.42 Å². The summed E-state index contributed by atoms with van der Waals surface area (Å²) in [5, 5.41) is 6.43. The number of hydrogen-bond donors (Lipinski definition) is 3. The molecule has 0 unspecified atom stereocenters. The molecule has 0 spiro atoms. The van der Waals surface area contributed by atoms with Crippen molar-refractivity contribution in [1.29, 1.82) is 0 Å². The quantitative estimate of drug-likeness (QED) is 0.256. The van der Waals surface area contributed by atoms with Crippen molar-refractivity contribution >= 4 is 40.0 Å². The lowest BCUT2D eigenvalue weighted by atomic mass is 9.98. The zero-order chi connectivity index (χ0) is 20.5. The minimum Gasteiger partial charge on any atom is -0.355 e. The number of aliphatic imine (C=N–C) groups is 1. The molecule has 1 aromatic rings. The van der Waals surface area contributed by atoms with Crippen molar-refractivity contribution in [2.75, 3.05) is 39.0 Å². The lowest BCUT2D eigenvalue weighted by Gasteiger charge is -2.41. The standard InChI is InChI=1S/C20H35N5O2S.HI/c1-20(2,25-13-8-5-9-14-25)17-23-19(21-3)22-12-15-28(26,27)24-16-18-10-6-4-7-11-18;/h4,6-7,10-11,24H,5,8-9,12-17H2,1-3H3,(H2,21,22,23);1H. The fraction of sp³-hybridized carbons (Fsp3) is 0.650. The Morgan fingerprint density at radius 3 is 2.38 bits per heavy atom. The first-order chi connectivity index (χ1) is 13.3. The van der Waals surface area contributed by atoms with E-state index < -0.39 is 10.0 Å². The van der Waals surface area contributed by atoms with Gasteiger partial charge in [-0.2, -0.15) is 0 Å². The van der Waals surface area contributed by atoms with Crippen molar-refractivity contribution in [3.8, 4) is 0 Å². The molecule has 0 bridgehead atoms. The van der Waals surface area contributed by atoms with Crippen LogP contribution in [0, 0.1) is 0 Å². The van der Waals surface area contributed by atoms with Gasteiger partial charge in [0, 0.05) is 32.2 Å². The predicted molar refractivity (Wildman–Crippen MR) is 131 cm³/mol. The largest absolute Gasteiger partial charge is 0.355 e. The lowest BCUT2D eigenvalue weighted by Crippen LogP contribution is -2.55. The molecular formula is C20H36IN5O2S. The summed E-state index contributed by atoms with van der Waals surface area (Å²) in [4.78, 5) is 6.72. The fourth-order valence-corrected chi connectivity index (χ4v) is 4.20. The molecule has 0 aliphatic carbocycles. The van der Waals surface area contributed by atoms with Gasteiger partial charge in [0.15, 0.2) is 5.96 Å². The molecule has 0 amide bonds. The minimum atomic E-state index is -3.35. The fourth-order valence-electron chi connectivity index (χ4n) is 3.30. The maximum Gasteiger partial charge on any atom is 0.213 e. The molecule has 1 heterocycles. The molecule has 29 heavy (non-hydrogen) atoms. The van der Waals surface area contributed by atoms with Crippen LogP contribution in [-0.4, -0.2) is 63.8 Å². The highest BCUT2D eigenvalue weighted by atomic mass is 127. The SMILES string of the molecule is CN=C(NCCS(=O)(=O)NCc1ccccc1)NCC(C)(C)N1CCCCC1.I. The Morgan fingerprint density at radius 1 is 1.10 bits per heavy atom. The second kappa shape index (κ2) is 12.7. The van der Waals surface area contributed by atoms with Gasteiger partial charge >= 0.3 is 0 Å². The van der Waals surface area contributed by atoms with Crippen LogP contribution in [0.4, 0.5) is 0 Å². The number of guanidine groups is 1. The van der Waals surface area contributed by atoms with E-state index in [-0.39, 0.29) is 35.3 Å². The van der Waals surface area contributed by atoms with E-state index in [9.17, 15) is 8.42 Å². The molecule has 1 aliphatic heterocycles. The maximum absolute atomic E-state index is 12.2. The molecule has 9 heteroatoms. The van der Waals surface area contributed by atoms with Crippen molar-refractivity contribution in [2.45, 2.75) is 45.2 Å². The normalized spacial score (nSPS) is 16.2. The molecule has 166 valence electrons. The molecular weight excluding hydrogens is 501 g/mol. The maximum atomic E-state index is 12.2. The number of nitrogens with zero attached hydrogens (tertiary/aromatic N) is 2. The average Bonchev–Trinajstić information content (AvgIpc) is 2.70. The number of sulfonamides is 1. The summed E-state index contributed by atoms with van der Waals surface area (Å²) in [6, 6.07) is 9.50. The summed E-state index contributed by atoms with van der Waals surface area (Å²) in [6.45, 7) is 8.09. The number of benzene rings is 1. The summed E-state index contributed by atoms with van der Waals surface area (Å²) in [6.07, 6.45) is 3.82. The Kier molecular flexibility index (Phi) is 11.4. The Bertz CT molecular complexity index is 720. The molecule has 0 atom stereocenters. The molecule has 1 saturated heterocycles. The highest BCUT2D eigenvalue weighted by Gasteiger charge is 2.27. The monoisotopic (exact) mass is 537 g/mol. The van der Waals surface area contributed by atoms with Crippen LogP contribution in [0.25, 0.3) is 0 Å². The van der Waals surface area contributed by atoms with Gasteiger partial charge in [0.1, 0.15) is 0 Å². The third kappa shape index (κ3) is 9.63. The van der Waals surface area contributed by atoms with Crippen molar-refractivity contribution in [1.82, 2.24) is 20.3 Å². The molecule has 0 radical (unpaired) electrons. The predicted octanol–water partition coefficient (Wildman–Crippen LogP) is 2.15. The summed E-state index contributed by atoms with van der Waals surface area (Å²) in [7, 11) is -1.65. The third-order valence-electron chi connectivity index (χ3n) is 5.13. The number of likely N-dealkylation sites (tertiary alicyclic amines) is 1. The molecule has 1 fully saturated rings. The molecule has 2 rings (SSSR count). The molecule has 7 nitrogen and oxygen atoms in total. The molecule has 3 N–H and O–H groups in total. The number of rotatable bonds is 9. The summed E-state index contributed by atoms with van der Waals surface area (Å²) >= 11 is 0. The third-order valence-corrected chi connectivity index (χ3v) is 6.45. The van der Waals surface area contributed by atoms with Crippen molar-refractivity contribution in [2.24, 2.45) is 4.99 Å². The second-order valence-corrected chi connectivity index (χ2v) is 9.76. The van der Waals surface area contributed by atoms with Crippen molar-refractivity contribution in [3.05, 3.63) is 35.9 Å². The van der Waals surface area contributed by atoms with Gasteiger partial charge in [0.05, 0.1) is 5.75 Å². The summed E-state index contributed by atoms with van der Waals surface area (Å²) in [5.74, 6) is 0.624. The first-order valence-corrected chi connectivity index (χ1v) is 11.7. The Labute approximate surface area is 193 Å². The van der Waals surface area contributed by atoms with E-state index in [4.69, 9.17) is 0 Å². The van der Waals surface area contributed by atoms with Crippen LogP contribution in [0.2, 0.25) is 0 Å². The molecule has 1 aliphatic rings. The van der Waals surface area contributed by atoms with Crippen LogP contribution >= 0.6 is 24.0 Å². The summed E-state index contributed by atoms with van der Waals surface area (Å²) in [5.41, 5.74) is 0.970. The smallest absolute Gasteiger partial charge is 0.213 e. The van der Waals surface area contributed by atoms with E-state index in [0.29, 0.717) is 19.0 Å². The van der Waals surface area contributed by atoms with E-state index in [2.05, 4.69) is 39.1 Å². The van der Waals surface area contributed by atoms with Crippen LogP contribution in [0.1, 0.15) is 38.7 Å². The molecule has 1 aromatic carbocycles. The van der Waals surface area contributed by atoms with E-state index in [1.54, 1.807) is 7.05 Å². The van der Waals surface area contributed by atoms with Gasteiger partial charge in [-0.05, 0) is 45.3 Å². The zero-order valence-corrected chi connectivity index (χ0v) is 20.9. The highest BCUT2D eigenvalue weighted by Crippen LogP contribution is 2.19. The van der Waals surface area contributed by atoms with Crippen LogP contribution in [-0.2, 0) is 16.6 Å². The first-order valence-electron chi connectivity index (χ1n) is 10.0. The number of hydrogen-bond acceptors (Lipinski definition) is 4. The van der Waals surface area contributed by atoms with Gasteiger partial charge in [-0.15, -0.1) is 24.0 Å². The zero-order valence-electron chi connectivity index (χ0n) is 17.8.